The number of carboxylic acids is 3. The number of nitrogens with one attached hydrogen (secondary N) is 14. The molecule has 6 aromatic carbocycles. The minimum atomic E-state index is -2.27. The van der Waals surface area contributed by atoms with Crippen LogP contribution in [0, 0.1) is 18.8 Å². The number of hydrogen-bond acceptors (Lipinski definition) is 27. The van der Waals surface area contributed by atoms with Gasteiger partial charge in [0.05, 0.1) is 36.6 Å². The molecule has 15 atom stereocenters. The number of aliphatic hydroxyl groups excluding tert-OH is 2. The minimum absolute atomic E-state index is 0.0165. The van der Waals surface area contributed by atoms with Gasteiger partial charge in [-0.15, -0.1) is 11.8 Å². The summed E-state index contributed by atoms with van der Waals surface area (Å²) in [6.45, 7) is 4.82. The van der Waals surface area contributed by atoms with Crippen molar-refractivity contribution in [2.75, 3.05) is 51.5 Å². The van der Waals surface area contributed by atoms with Crippen LogP contribution in [0.25, 0.3) is 11.1 Å². The Labute approximate surface area is 869 Å². The van der Waals surface area contributed by atoms with Gasteiger partial charge in [0.2, 0.25) is 100 Å². The van der Waals surface area contributed by atoms with Crippen molar-refractivity contribution in [2.45, 2.75) is 234 Å². The summed E-state index contributed by atoms with van der Waals surface area (Å²) < 4.78 is 5.30. The summed E-state index contributed by atoms with van der Waals surface area (Å²) in [4.78, 5) is 289. The van der Waals surface area contributed by atoms with E-state index in [9.17, 15) is 97.8 Å². The number of aliphatic hydroxyl groups is 3. The largest absolute Gasteiger partial charge is 0.482 e. The monoisotopic (exact) mass is 2100 g/mol. The number of hydrogen-bond donors (Lipinski definition) is 24. The van der Waals surface area contributed by atoms with Crippen LogP contribution in [0.3, 0.4) is 0 Å². The Hall–Kier alpha value is -15.3. The molecule has 1 aliphatic carbocycles. The average molecular weight is 2100 g/mol. The van der Waals surface area contributed by atoms with Gasteiger partial charge in [0.1, 0.15) is 96.4 Å². The van der Waals surface area contributed by atoms with Crippen LogP contribution in [-0.2, 0) is 118 Å². The summed E-state index contributed by atoms with van der Waals surface area (Å²) in [5.74, 6) is -25.8. The van der Waals surface area contributed by atoms with Crippen LogP contribution in [0.1, 0.15) is 153 Å². The number of thioether (sulfide) groups is 1. The fourth-order valence-corrected chi connectivity index (χ4v) is 17.6. The summed E-state index contributed by atoms with van der Waals surface area (Å²) in [7, 11) is 1.20. The van der Waals surface area contributed by atoms with Crippen LogP contribution < -0.4 is 102 Å². The summed E-state index contributed by atoms with van der Waals surface area (Å²) in [5, 5.41) is 97.7. The number of amides is 17. The third-order valence-electron chi connectivity index (χ3n) is 25.0. The predicted molar refractivity (Wildman–Crippen MR) is 546 cm³/mol. The molecule has 0 spiro atoms. The molecule has 0 bridgehead atoms. The fourth-order valence-electron chi connectivity index (χ4n) is 16.7. The second-order valence-corrected chi connectivity index (χ2v) is 39.0. The van der Waals surface area contributed by atoms with E-state index in [2.05, 4.69) is 74.4 Å². The molecular weight excluding hydrogens is 1970 g/mol. The third-order valence-corrected chi connectivity index (χ3v) is 26.1. The molecule has 0 aromatic heterocycles. The van der Waals surface area contributed by atoms with E-state index in [1.54, 1.807) is 69.3 Å². The summed E-state index contributed by atoms with van der Waals surface area (Å²) in [6.07, 6.45) is -1.22. The molecule has 810 valence electrons. The molecule has 47 heteroatoms. The number of benzene rings is 6. The first-order chi connectivity index (χ1) is 71.1. The van der Waals surface area contributed by atoms with E-state index < -0.39 is 297 Å². The molecule has 2 aliphatic rings. The topological polar surface area (TPSA) is 748 Å². The molecule has 46 nitrogen and oxygen atoms in total. The zero-order valence-corrected chi connectivity index (χ0v) is 85.0. The van der Waals surface area contributed by atoms with E-state index in [-0.39, 0.29) is 71.8 Å². The number of ether oxygens (including phenoxy) is 1. The highest BCUT2D eigenvalue weighted by molar-refractivity contribution is 8.00. The van der Waals surface area contributed by atoms with Gasteiger partial charge in [-0.3, -0.25) is 86.3 Å². The molecule has 1 heterocycles. The Morgan fingerprint density at radius 1 is 0.473 bits per heavy atom. The number of carboxylic acid groups (broad SMARTS) is 3. The van der Waals surface area contributed by atoms with Crippen molar-refractivity contribution in [3.05, 3.63) is 196 Å². The van der Waals surface area contributed by atoms with E-state index >= 15 is 28.8 Å². The molecule has 0 unspecified atom stereocenters. The summed E-state index contributed by atoms with van der Waals surface area (Å²) >= 11 is 0.579. The number of aliphatic carboxylic acids is 2. The van der Waals surface area contributed by atoms with Crippen LogP contribution in [0.4, 0.5) is 0 Å². The number of primary amides is 2. The second-order valence-electron chi connectivity index (χ2n) is 37.9. The number of nitrogens with zero attached hydrogens (tertiary/aromatic N) is 1. The van der Waals surface area contributed by atoms with E-state index in [0.29, 0.717) is 46.9 Å². The number of carbonyl (C=O) groups excluding carboxylic acids is 17. The molecule has 17 amide bonds. The van der Waals surface area contributed by atoms with Gasteiger partial charge in [-0.05, 0) is 154 Å². The SMILES string of the molecule is Cc1cccc(C[C@@H]2NC(=O)[C@H](CC(=O)O)NC(=O)[C@H](Cc3ccc(OCC(=O)O)cc3)NC(=O)[C@H](CCN)NC(=O)CSC[C@@H](C(=O)N[C@@H](CO)C(N)=O)NC(=O)[C@H](CO)NC(=O)[C@H](C(C)(C)O)NC(=O)[C@H](CC3CCCCC3)NC(=O)[C@H](CCN)NC(=O)[C@@H](CC(C)C)NC(=O)[C@H](C)N(C)C(=O)[C@H](Cc3ccc(C(=O)O)cc3)NC(=O)[C@H](Cc3ccc(-c4ccccc4)cc3)NC(=O)[C@H](Cc3cccc(C(N)=O)c3)NC2=O)c1. The Kier molecular flexibility index (Phi) is 46.7. The van der Waals surface area contributed by atoms with Crippen LogP contribution >= 0.6 is 11.8 Å². The molecule has 0 radical (unpaired) electrons. The van der Waals surface area contributed by atoms with Gasteiger partial charge in [-0.2, -0.15) is 0 Å². The van der Waals surface area contributed by atoms with Crippen molar-refractivity contribution >= 4 is 130 Å². The Morgan fingerprint density at radius 2 is 0.920 bits per heavy atom. The Bertz CT molecular complexity index is 5750. The van der Waals surface area contributed by atoms with Gasteiger partial charge in [0, 0.05) is 50.5 Å². The van der Waals surface area contributed by atoms with Crippen molar-refractivity contribution in [3.63, 3.8) is 0 Å². The van der Waals surface area contributed by atoms with Crippen LogP contribution in [0.5, 0.6) is 5.75 Å². The molecule has 6 aromatic rings. The normalized spacial score (nSPS) is 22.8. The van der Waals surface area contributed by atoms with Crippen LogP contribution in [-0.4, -0.2) is 302 Å². The van der Waals surface area contributed by atoms with E-state index in [1.165, 1.54) is 86.8 Å². The van der Waals surface area contributed by atoms with E-state index in [1.807, 2.05) is 30.3 Å². The highest BCUT2D eigenvalue weighted by atomic mass is 32.2. The van der Waals surface area contributed by atoms with E-state index in [0.717, 1.165) is 43.6 Å². The smallest absolute Gasteiger partial charge is 0.341 e. The lowest BCUT2D eigenvalue weighted by Gasteiger charge is -2.33. The Morgan fingerprint density at radius 3 is 1.42 bits per heavy atom. The number of carbonyl (C=O) groups is 20. The first-order valence-corrected chi connectivity index (χ1v) is 50.1. The molecule has 2 fully saturated rings. The molecule has 1 saturated carbocycles. The highest BCUT2D eigenvalue weighted by Gasteiger charge is 2.44. The maximum absolute atomic E-state index is 15.9. The standard InChI is InChI=1S/C103H135N19O27S/c1-55(2)40-71-91(135)109-70(37-39-105)90(134)112-74(43-58-17-10-8-11-18-58)97(141)121-85(103(5,6)148)100(144)119-80(51-124)98(142)120-81(99(143)118-79(50-123)87(107)131)53-150-54-82(125)108-69(36-38-104)89(133)111-72(45-61-28-34-68(35-29-61)149-52-84(128)129)92(136)116-77(49-83(126)127)96(140)115-75(47-62-19-14-16-56(3)41-62)93(137)114-76(48-63-20-15-23-67(42-63)86(106)130)94(138)113-73(44-59-24-30-65(31-25-59)64-21-12-9-13-22-64)95(139)117-78(101(145)122(7)57(4)88(132)110-71)46-60-26-32-66(33-27-60)102(146)147/h9,12-16,19-35,41-42,55,57-58,69-81,85,123-124,148H,8,10-11,17-18,36-40,43-54,104-105H2,1-7H3,(H2,106,130)(H2,107,131)(H,108,125)(H,109,135)(H,110,132)(H,111,133)(H,112,134)(H,113,138)(H,114,137)(H,115,140)(H,116,136)(H,117,139)(H,118,143)(H,119,144)(H,120,142)(H,121,141)(H,126,127)(H,128,129)(H,146,147)/t57-,69-,70-,71+,72-,73-,74-,75-,76-,77-,78-,79-,80-,81-,85+/m0/s1. The molecule has 150 heavy (non-hydrogen) atoms. The van der Waals surface area contributed by atoms with Crippen molar-refractivity contribution < 1.29 is 131 Å². The van der Waals surface area contributed by atoms with Crippen molar-refractivity contribution in [3.8, 4) is 16.9 Å². The molecule has 8 rings (SSSR count). The van der Waals surface area contributed by atoms with Crippen LogP contribution in [0.15, 0.2) is 152 Å². The maximum atomic E-state index is 15.9. The van der Waals surface area contributed by atoms with Crippen molar-refractivity contribution in [1.29, 1.82) is 0 Å². The average Bonchev–Trinajstić information content (AvgIpc) is 0.822. The van der Waals surface area contributed by atoms with Gasteiger partial charge in [0.25, 0.3) is 0 Å². The zero-order valence-electron chi connectivity index (χ0n) is 84.2. The molecule has 1 aliphatic heterocycles. The van der Waals surface area contributed by atoms with E-state index in [4.69, 9.17) is 27.7 Å². The summed E-state index contributed by atoms with van der Waals surface area (Å²) in [5.41, 5.74) is 24.3. The maximum Gasteiger partial charge on any atom is 0.341 e. The first kappa shape index (κ1) is 120. The minimum Gasteiger partial charge on any atom is -0.482 e. The number of aryl methyl sites for hydroxylation is 1. The number of nitrogens with two attached hydrogens (primary N) is 4. The third kappa shape index (κ3) is 38.1. The van der Waals surface area contributed by atoms with Gasteiger partial charge >= 0.3 is 17.9 Å². The second kappa shape index (κ2) is 58.4. The van der Waals surface area contributed by atoms with Gasteiger partial charge in [0.15, 0.2) is 6.61 Å². The Balaban J connectivity index is 1.27. The molecule has 1 saturated heterocycles. The first-order valence-electron chi connectivity index (χ1n) is 48.9. The number of rotatable bonds is 32. The lowest BCUT2D eigenvalue weighted by molar-refractivity contribution is -0.142. The number of likely N-dealkylation sites (N-methyl/N-ethyl adjacent to an activating group) is 1. The van der Waals surface area contributed by atoms with Crippen molar-refractivity contribution in [1.82, 2.24) is 79.3 Å². The molecular formula is C103H135N19O27S. The van der Waals surface area contributed by atoms with Crippen molar-refractivity contribution in [2.24, 2.45) is 34.8 Å². The van der Waals surface area contributed by atoms with Gasteiger partial charge < -0.3 is 138 Å². The van der Waals surface area contributed by atoms with Gasteiger partial charge in [-0.1, -0.05) is 167 Å². The quantitative estimate of drug-likeness (QED) is 0.0203. The predicted octanol–water partition coefficient (Wildman–Crippen LogP) is -2.75. The highest BCUT2D eigenvalue weighted by Crippen LogP contribution is 2.29. The molecule has 28 N–H and O–H groups in total. The van der Waals surface area contributed by atoms with Gasteiger partial charge in [-0.25, -0.2) is 9.59 Å². The fraction of sp³-hybridized carbons (Fsp3) is 0.456. The number of aromatic carboxylic acids is 1. The zero-order chi connectivity index (χ0) is 110. The summed E-state index contributed by atoms with van der Waals surface area (Å²) in [6, 6.07) is 11.2. The lowest BCUT2D eigenvalue weighted by atomic mass is 9.84. The lowest BCUT2D eigenvalue weighted by Crippen LogP contribution is -2.65. The van der Waals surface area contributed by atoms with Crippen LogP contribution in [0.2, 0.25) is 0 Å².